The first-order valence-electron chi connectivity index (χ1n) is 8.08. The highest BCUT2D eigenvalue weighted by molar-refractivity contribution is 5.74. The minimum atomic E-state index is -0.243. The zero-order chi connectivity index (χ0) is 16.9. The highest BCUT2D eigenvalue weighted by Gasteiger charge is 2.24. The summed E-state index contributed by atoms with van der Waals surface area (Å²) in [6.07, 6.45) is 2.51. The summed E-state index contributed by atoms with van der Waals surface area (Å²) in [5.41, 5.74) is 1.84. The molecule has 128 valence electrons. The SMILES string of the molecule is CCn1nncc1CNC(=O)NC1CCN(c2ccc(F)cc2)C1. The lowest BCUT2D eigenvalue weighted by Gasteiger charge is -2.19. The summed E-state index contributed by atoms with van der Waals surface area (Å²) in [5.74, 6) is -0.243. The molecule has 2 amide bonds. The first kappa shape index (κ1) is 16.2. The van der Waals surface area contributed by atoms with Gasteiger partial charge >= 0.3 is 6.03 Å². The van der Waals surface area contributed by atoms with Gasteiger partial charge in [-0.1, -0.05) is 5.21 Å². The largest absolute Gasteiger partial charge is 0.369 e. The van der Waals surface area contributed by atoms with E-state index in [1.54, 1.807) is 23.0 Å². The number of nitrogens with one attached hydrogen (secondary N) is 2. The Kier molecular flexibility index (Phi) is 4.93. The standard InChI is InChI=1S/C16H21FN6O/c1-2-23-15(10-19-21-23)9-18-16(24)20-13-7-8-22(11-13)14-5-3-12(17)4-6-14/h3-6,10,13H,2,7-9,11H2,1H3,(H2,18,20,24). The van der Waals surface area contributed by atoms with Gasteiger partial charge in [-0.15, -0.1) is 5.10 Å². The van der Waals surface area contributed by atoms with E-state index in [0.717, 1.165) is 24.3 Å². The van der Waals surface area contributed by atoms with Gasteiger partial charge in [0.05, 0.1) is 18.4 Å². The Morgan fingerprint density at radius 2 is 2.17 bits per heavy atom. The average Bonchev–Trinajstić information content (AvgIpc) is 3.22. The van der Waals surface area contributed by atoms with Crippen molar-refractivity contribution in [2.75, 3.05) is 18.0 Å². The molecule has 1 unspecified atom stereocenters. The lowest BCUT2D eigenvalue weighted by molar-refractivity contribution is 0.237. The maximum Gasteiger partial charge on any atom is 0.315 e. The van der Waals surface area contributed by atoms with Crippen LogP contribution in [0.5, 0.6) is 0 Å². The molecule has 7 nitrogen and oxygen atoms in total. The Morgan fingerprint density at radius 1 is 1.38 bits per heavy atom. The highest BCUT2D eigenvalue weighted by Crippen LogP contribution is 2.20. The predicted molar refractivity (Wildman–Crippen MR) is 88.1 cm³/mol. The quantitative estimate of drug-likeness (QED) is 0.870. The van der Waals surface area contributed by atoms with Crippen LogP contribution in [0, 0.1) is 5.82 Å². The normalized spacial score (nSPS) is 17.1. The van der Waals surface area contributed by atoms with Gasteiger partial charge in [-0.3, -0.25) is 0 Å². The molecule has 0 aliphatic carbocycles. The van der Waals surface area contributed by atoms with Gasteiger partial charge in [-0.05, 0) is 37.6 Å². The topological polar surface area (TPSA) is 75.1 Å². The Balaban J connectivity index is 1.46. The number of carbonyl (C=O) groups is 1. The van der Waals surface area contributed by atoms with E-state index in [2.05, 4.69) is 25.8 Å². The highest BCUT2D eigenvalue weighted by atomic mass is 19.1. The molecule has 1 fully saturated rings. The first-order valence-corrected chi connectivity index (χ1v) is 8.08. The van der Waals surface area contributed by atoms with Gasteiger partial charge in [-0.2, -0.15) is 0 Å². The lowest BCUT2D eigenvalue weighted by Crippen LogP contribution is -2.43. The number of halogens is 1. The maximum atomic E-state index is 13.0. The number of aryl methyl sites for hydroxylation is 1. The number of carbonyl (C=O) groups excluding carboxylic acids is 1. The van der Waals surface area contributed by atoms with Crippen LogP contribution in [0.1, 0.15) is 19.0 Å². The van der Waals surface area contributed by atoms with E-state index in [1.165, 1.54) is 12.1 Å². The number of benzene rings is 1. The Bertz CT molecular complexity index is 686. The van der Waals surface area contributed by atoms with Gasteiger partial charge in [0, 0.05) is 31.4 Å². The molecule has 1 aromatic carbocycles. The summed E-state index contributed by atoms with van der Waals surface area (Å²) in [7, 11) is 0. The van der Waals surface area contributed by atoms with E-state index < -0.39 is 0 Å². The maximum absolute atomic E-state index is 13.0. The van der Waals surface area contributed by atoms with Crippen molar-refractivity contribution in [1.82, 2.24) is 25.6 Å². The number of urea groups is 1. The van der Waals surface area contributed by atoms with Crippen LogP contribution in [0.15, 0.2) is 30.5 Å². The summed E-state index contributed by atoms with van der Waals surface area (Å²) in [4.78, 5) is 14.2. The lowest BCUT2D eigenvalue weighted by atomic mass is 10.2. The molecule has 24 heavy (non-hydrogen) atoms. The summed E-state index contributed by atoms with van der Waals surface area (Å²) in [5, 5.41) is 13.6. The molecule has 3 rings (SSSR count). The Morgan fingerprint density at radius 3 is 2.92 bits per heavy atom. The molecule has 8 heteroatoms. The summed E-state index contributed by atoms with van der Waals surface area (Å²) in [6.45, 7) is 4.63. The predicted octanol–water partition coefficient (Wildman–Crippen LogP) is 1.52. The molecule has 1 aromatic heterocycles. The molecule has 0 radical (unpaired) electrons. The second kappa shape index (κ2) is 7.29. The van der Waals surface area contributed by atoms with Crippen LogP contribution in [0.3, 0.4) is 0 Å². The van der Waals surface area contributed by atoms with Gasteiger partial charge in [0.25, 0.3) is 0 Å². The zero-order valence-electron chi connectivity index (χ0n) is 13.6. The van der Waals surface area contributed by atoms with Crippen LogP contribution in [-0.4, -0.2) is 40.2 Å². The zero-order valence-corrected chi connectivity index (χ0v) is 13.6. The number of hydrogen-bond donors (Lipinski definition) is 2. The molecule has 1 atom stereocenters. The van der Waals surface area contributed by atoms with Crippen molar-refractivity contribution in [3.63, 3.8) is 0 Å². The number of anilines is 1. The molecule has 2 heterocycles. The minimum Gasteiger partial charge on any atom is -0.369 e. The minimum absolute atomic E-state index is 0.0734. The van der Waals surface area contributed by atoms with E-state index in [9.17, 15) is 9.18 Å². The van der Waals surface area contributed by atoms with E-state index in [1.807, 2.05) is 6.92 Å². The van der Waals surface area contributed by atoms with Crippen molar-refractivity contribution in [2.24, 2.45) is 0 Å². The Hall–Kier alpha value is -2.64. The van der Waals surface area contributed by atoms with E-state index in [-0.39, 0.29) is 17.9 Å². The van der Waals surface area contributed by atoms with Crippen LogP contribution >= 0.6 is 0 Å². The van der Waals surface area contributed by atoms with E-state index >= 15 is 0 Å². The fourth-order valence-electron chi connectivity index (χ4n) is 2.85. The number of aromatic nitrogens is 3. The third-order valence-corrected chi connectivity index (χ3v) is 4.14. The molecule has 1 aliphatic rings. The average molecular weight is 332 g/mol. The fourth-order valence-corrected chi connectivity index (χ4v) is 2.85. The van der Waals surface area contributed by atoms with Crippen molar-refractivity contribution in [3.05, 3.63) is 42.0 Å². The molecule has 1 aliphatic heterocycles. The van der Waals surface area contributed by atoms with Crippen molar-refractivity contribution < 1.29 is 9.18 Å². The smallest absolute Gasteiger partial charge is 0.315 e. The summed E-state index contributed by atoms with van der Waals surface area (Å²) < 4.78 is 14.7. The number of amides is 2. The van der Waals surface area contributed by atoms with Gasteiger partial charge in [0.1, 0.15) is 5.82 Å². The second-order valence-corrected chi connectivity index (χ2v) is 5.78. The molecular formula is C16H21FN6O. The number of nitrogens with zero attached hydrogens (tertiary/aromatic N) is 4. The van der Waals surface area contributed by atoms with Crippen molar-refractivity contribution in [1.29, 1.82) is 0 Å². The molecule has 0 saturated carbocycles. The van der Waals surface area contributed by atoms with Gasteiger partial charge in [-0.25, -0.2) is 13.9 Å². The summed E-state index contributed by atoms with van der Waals surface area (Å²) in [6, 6.07) is 6.29. The first-order chi connectivity index (χ1) is 11.7. The van der Waals surface area contributed by atoms with Crippen LogP contribution < -0.4 is 15.5 Å². The molecule has 2 aromatic rings. The van der Waals surface area contributed by atoms with Crippen LogP contribution in [0.2, 0.25) is 0 Å². The van der Waals surface area contributed by atoms with Crippen LogP contribution in [-0.2, 0) is 13.1 Å². The van der Waals surface area contributed by atoms with Crippen molar-refractivity contribution >= 4 is 11.7 Å². The van der Waals surface area contributed by atoms with E-state index in [4.69, 9.17) is 0 Å². The third kappa shape index (κ3) is 3.81. The van der Waals surface area contributed by atoms with Crippen molar-refractivity contribution in [2.45, 2.75) is 32.5 Å². The second-order valence-electron chi connectivity index (χ2n) is 5.78. The van der Waals surface area contributed by atoms with Crippen LogP contribution in [0.25, 0.3) is 0 Å². The number of rotatable bonds is 5. The fraction of sp³-hybridized carbons (Fsp3) is 0.438. The van der Waals surface area contributed by atoms with E-state index in [0.29, 0.717) is 19.6 Å². The van der Waals surface area contributed by atoms with Gasteiger partial charge in [0.2, 0.25) is 0 Å². The molecule has 1 saturated heterocycles. The molecule has 0 spiro atoms. The number of hydrogen-bond acceptors (Lipinski definition) is 4. The van der Waals surface area contributed by atoms with Crippen molar-refractivity contribution in [3.8, 4) is 0 Å². The molecular weight excluding hydrogens is 311 g/mol. The monoisotopic (exact) mass is 332 g/mol. The Labute approximate surface area is 139 Å². The van der Waals surface area contributed by atoms with Crippen LogP contribution in [0.4, 0.5) is 14.9 Å². The molecule has 0 bridgehead atoms. The summed E-state index contributed by atoms with van der Waals surface area (Å²) >= 11 is 0. The van der Waals surface area contributed by atoms with Gasteiger partial charge in [0.15, 0.2) is 0 Å². The van der Waals surface area contributed by atoms with Gasteiger partial charge < -0.3 is 15.5 Å². The molecule has 2 N–H and O–H groups in total. The third-order valence-electron chi connectivity index (χ3n) is 4.14.